The summed E-state index contributed by atoms with van der Waals surface area (Å²) in [6.45, 7) is 0. The second kappa shape index (κ2) is 16.5. The Labute approximate surface area is 395 Å². The van der Waals surface area contributed by atoms with Crippen LogP contribution >= 0.6 is 0 Å². The molecule has 0 bridgehead atoms. The maximum absolute atomic E-state index is 2.52. The molecule has 12 aromatic carbocycles. The Hall–Kier alpha value is -8.98. The highest BCUT2D eigenvalue weighted by atomic mass is 15.1. The van der Waals surface area contributed by atoms with Crippen molar-refractivity contribution < 1.29 is 0 Å². The average molecular weight is 865 g/mol. The van der Waals surface area contributed by atoms with Crippen molar-refractivity contribution in [1.29, 1.82) is 0 Å². The highest BCUT2D eigenvalue weighted by molar-refractivity contribution is 6.24. The van der Waals surface area contributed by atoms with E-state index in [2.05, 4.69) is 276 Å². The van der Waals surface area contributed by atoms with Crippen LogP contribution in [-0.2, 0) is 0 Å². The molecule has 0 amide bonds. The van der Waals surface area contributed by atoms with Crippen LogP contribution in [0.1, 0.15) is 0 Å². The van der Waals surface area contributed by atoms with Gasteiger partial charge in [-0.1, -0.05) is 200 Å². The molecule has 2 nitrogen and oxygen atoms in total. The Kier molecular flexibility index (Phi) is 9.54. The third-order valence-corrected chi connectivity index (χ3v) is 13.7. The fraction of sp³-hybridized carbons (Fsp3) is 0. The van der Waals surface area contributed by atoms with E-state index in [0.29, 0.717) is 0 Å². The maximum Gasteiger partial charge on any atom is 0.0619 e. The van der Waals surface area contributed by atoms with Gasteiger partial charge in [-0.2, -0.15) is 0 Å². The van der Waals surface area contributed by atoms with Gasteiger partial charge in [-0.3, -0.25) is 0 Å². The molecule has 13 rings (SSSR count). The van der Waals surface area contributed by atoms with E-state index < -0.39 is 0 Å². The summed E-state index contributed by atoms with van der Waals surface area (Å²) < 4.78 is 2.40. The van der Waals surface area contributed by atoms with Crippen LogP contribution in [0.25, 0.3) is 104 Å². The number of anilines is 3. The van der Waals surface area contributed by atoms with E-state index >= 15 is 0 Å². The van der Waals surface area contributed by atoms with Crippen molar-refractivity contribution in [3.63, 3.8) is 0 Å². The summed E-state index contributed by atoms with van der Waals surface area (Å²) >= 11 is 0. The molecule has 0 aliphatic rings. The van der Waals surface area contributed by atoms with Gasteiger partial charge in [-0.25, -0.2) is 0 Å². The van der Waals surface area contributed by atoms with Crippen molar-refractivity contribution in [3.05, 3.63) is 267 Å². The number of hydrogen-bond donors (Lipinski definition) is 0. The zero-order valence-corrected chi connectivity index (χ0v) is 37.3. The second-order valence-corrected chi connectivity index (χ2v) is 17.7. The fourth-order valence-corrected chi connectivity index (χ4v) is 10.5. The van der Waals surface area contributed by atoms with Gasteiger partial charge >= 0.3 is 0 Å². The molecule has 0 fully saturated rings. The van der Waals surface area contributed by atoms with E-state index in [1.54, 1.807) is 0 Å². The van der Waals surface area contributed by atoms with Gasteiger partial charge in [-0.05, 0) is 133 Å². The molecule has 0 spiro atoms. The van der Waals surface area contributed by atoms with Crippen molar-refractivity contribution >= 4 is 71.2 Å². The van der Waals surface area contributed by atoms with Crippen LogP contribution in [0.4, 0.5) is 17.1 Å². The van der Waals surface area contributed by atoms with E-state index in [1.165, 1.54) is 98.6 Å². The summed E-state index contributed by atoms with van der Waals surface area (Å²) in [5.41, 5.74) is 16.3. The summed E-state index contributed by atoms with van der Waals surface area (Å²) in [6, 6.07) is 97.9. The van der Waals surface area contributed by atoms with Crippen LogP contribution < -0.4 is 4.90 Å². The summed E-state index contributed by atoms with van der Waals surface area (Å²) in [5.74, 6) is 0. The van der Waals surface area contributed by atoms with Crippen molar-refractivity contribution in [3.8, 4) is 50.2 Å². The number of nitrogens with zero attached hydrogens (tertiary/aromatic N) is 2. The SMILES string of the molecule is c1ccc(-c2ccc(N(c3ccc4c(c3)c3ccccc3n4-c3ccccc3)c3c4ccc(-c5ccccc5)cc4c(-c4ccc5ccccc5c4)c4ccc(-c5ccccc5)cc34)cc2)cc1. The largest absolute Gasteiger partial charge is 0.309 e. The van der Waals surface area contributed by atoms with Gasteiger partial charge in [-0.15, -0.1) is 0 Å². The summed E-state index contributed by atoms with van der Waals surface area (Å²) in [7, 11) is 0. The number of fused-ring (bicyclic) bond motifs is 6. The van der Waals surface area contributed by atoms with Crippen LogP contribution in [-0.4, -0.2) is 4.57 Å². The normalized spacial score (nSPS) is 11.5. The van der Waals surface area contributed by atoms with Crippen LogP contribution in [0, 0.1) is 0 Å². The molecule has 68 heavy (non-hydrogen) atoms. The standard InChI is InChI=1S/C66H44N2/c1-5-17-45(18-6-1)49-31-35-55(36-32-49)67(56-37-40-64-60(44-56)57-27-15-16-28-63(57)68(64)54-25-11-4-12-26-54)66-59-39-34-51(46-19-7-2-8-20-46)42-61(59)65(53-30-29-48-23-13-14-24-50(48)41-53)58-38-33-52(43-62(58)66)47-21-9-3-10-22-47/h1-44H. The van der Waals surface area contributed by atoms with Gasteiger partial charge in [0, 0.05) is 38.6 Å². The second-order valence-electron chi connectivity index (χ2n) is 17.7. The number of rotatable bonds is 8. The molecule has 0 N–H and O–H groups in total. The zero-order valence-electron chi connectivity index (χ0n) is 37.3. The van der Waals surface area contributed by atoms with Gasteiger partial charge in [0.05, 0.1) is 16.7 Å². The van der Waals surface area contributed by atoms with Crippen molar-refractivity contribution in [2.24, 2.45) is 0 Å². The molecule has 0 radical (unpaired) electrons. The van der Waals surface area contributed by atoms with Crippen molar-refractivity contribution in [2.75, 3.05) is 4.90 Å². The lowest BCUT2D eigenvalue weighted by atomic mass is 9.86. The van der Waals surface area contributed by atoms with Gasteiger partial charge in [0.2, 0.25) is 0 Å². The smallest absolute Gasteiger partial charge is 0.0619 e. The van der Waals surface area contributed by atoms with Gasteiger partial charge in [0.1, 0.15) is 0 Å². The number of aromatic nitrogens is 1. The first-order valence-electron chi connectivity index (χ1n) is 23.4. The van der Waals surface area contributed by atoms with Crippen LogP contribution in [0.3, 0.4) is 0 Å². The predicted octanol–water partition coefficient (Wildman–Crippen LogP) is 18.4. The van der Waals surface area contributed by atoms with Gasteiger partial charge in [0.25, 0.3) is 0 Å². The fourth-order valence-electron chi connectivity index (χ4n) is 10.5. The quantitative estimate of drug-likeness (QED) is 0.138. The first-order valence-corrected chi connectivity index (χ1v) is 23.4. The van der Waals surface area contributed by atoms with E-state index in [0.717, 1.165) is 22.7 Å². The molecular formula is C66H44N2. The topological polar surface area (TPSA) is 8.17 Å². The van der Waals surface area contributed by atoms with Crippen LogP contribution in [0.2, 0.25) is 0 Å². The molecule has 0 unspecified atom stereocenters. The lowest BCUT2D eigenvalue weighted by Crippen LogP contribution is -2.12. The molecular weight excluding hydrogens is 821 g/mol. The first kappa shape index (κ1) is 39.4. The van der Waals surface area contributed by atoms with Gasteiger partial charge in [0.15, 0.2) is 0 Å². The Morgan fingerprint density at radius 1 is 0.250 bits per heavy atom. The highest BCUT2D eigenvalue weighted by Crippen LogP contribution is 2.51. The third kappa shape index (κ3) is 6.73. The predicted molar refractivity (Wildman–Crippen MR) is 290 cm³/mol. The molecule has 0 aliphatic carbocycles. The summed E-state index contributed by atoms with van der Waals surface area (Å²) in [5, 5.41) is 9.60. The summed E-state index contributed by atoms with van der Waals surface area (Å²) in [4.78, 5) is 2.52. The van der Waals surface area contributed by atoms with Crippen molar-refractivity contribution in [2.45, 2.75) is 0 Å². The molecule has 0 saturated carbocycles. The lowest BCUT2D eigenvalue weighted by Gasteiger charge is -2.30. The molecule has 13 aromatic rings. The van der Waals surface area contributed by atoms with Crippen LogP contribution in [0.5, 0.6) is 0 Å². The van der Waals surface area contributed by atoms with Crippen LogP contribution in [0.15, 0.2) is 267 Å². The molecule has 318 valence electrons. The Morgan fingerprint density at radius 2 is 0.750 bits per heavy atom. The van der Waals surface area contributed by atoms with E-state index in [-0.39, 0.29) is 0 Å². The minimum atomic E-state index is 1.08. The van der Waals surface area contributed by atoms with E-state index in [9.17, 15) is 0 Å². The summed E-state index contributed by atoms with van der Waals surface area (Å²) in [6.07, 6.45) is 0. The molecule has 0 saturated heterocycles. The van der Waals surface area contributed by atoms with E-state index in [4.69, 9.17) is 0 Å². The molecule has 1 aromatic heterocycles. The third-order valence-electron chi connectivity index (χ3n) is 13.7. The first-order chi connectivity index (χ1) is 33.7. The Balaban J connectivity index is 1.16. The minimum Gasteiger partial charge on any atom is -0.309 e. The zero-order chi connectivity index (χ0) is 45.0. The highest BCUT2D eigenvalue weighted by Gasteiger charge is 2.25. The molecule has 0 aliphatic heterocycles. The molecule has 0 atom stereocenters. The number of benzene rings is 12. The molecule has 2 heteroatoms. The number of para-hydroxylation sites is 2. The van der Waals surface area contributed by atoms with Crippen molar-refractivity contribution in [1.82, 2.24) is 4.57 Å². The van der Waals surface area contributed by atoms with Gasteiger partial charge < -0.3 is 9.47 Å². The maximum atomic E-state index is 2.52. The average Bonchev–Trinajstić information content (AvgIpc) is 3.75. The minimum absolute atomic E-state index is 1.08. The number of hydrogen-bond acceptors (Lipinski definition) is 1. The monoisotopic (exact) mass is 864 g/mol. The molecule has 1 heterocycles. The lowest BCUT2D eigenvalue weighted by molar-refractivity contribution is 1.18. The Morgan fingerprint density at radius 3 is 1.44 bits per heavy atom. The van der Waals surface area contributed by atoms with E-state index in [1.807, 2.05) is 0 Å². The Bertz CT molecular complexity index is 3990.